The Morgan fingerprint density at radius 1 is 1.60 bits per heavy atom. The van der Waals surface area contributed by atoms with E-state index in [0.717, 1.165) is 32.0 Å². The molecule has 1 aliphatic rings. The third kappa shape index (κ3) is 4.24. The number of hydrogen-bond acceptors (Lipinski definition) is 2. The van der Waals surface area contributed by atoms with E-state index >= 15 is 0 Å². The molecule has 1 heterocycles. The van der Waals surface area contributed by atoms with Crippen LogP contribution in [0.15, 0.2) is 0 Å². The largest absolute Gasteiger partial charge is 0.312 e. The van der Waals surface area contributed by atoms with Crippen LogP contribution in [0.25, 0.3) is 0 Å². The van der Waals surface area contributed by atoms with Gasteiger partial charge in [-0.1, -0.05) is 20.3 Å². The Kier molecular flexibility index (Phi) is 5.75. The second kappa shape index (κ2) is 6.87. The van der Waals surface area contributed by atoms with Gasteiger partial charge < -0.3 is 10.2 Å². The molecule has 0 saturated carbocycles. The number of nitrogens with one attached hydrogen (secondary N) is 1. The quantitative estimate of drug-likeness (QED) is 0.708. The lowest BCUT2D eigenvalue weighted by Gasteiger charge is -2.27. The summed E-state index contributed by atoms with van der Waals surface area (Å²) in [7, 11) is 0. The monoisotopic (exact) mass is 208 g/mol. The van der Waals surface area contributed by atoms with Crippen LogP contribution in [0.4, 0.5) is 0 Å². The Morgan fingerprint density at radius 2 is 2.40 bits per heavy atom. The number of rotatable bonds is 4. The van der Waals surface area contributed by atoms with Crippen LogP contribution < -0.4 is 5.32 Å². The van der Waals surface area contributed by atoms with Crippen LogP contribution in [-0.2, 0) is 0 Å². The van der Waals surface area contributed by atoms with Crippen LogP contribution in [0.3, 0.4) is 0 Å². The Hall–Kier alpha value is -0.520. The number of terminal acetylenes is 1. The molecule has 2 heteroatoms. The zero-order valence-corrected chi connectivity index (χ0v) is 10.1. The molecule has 0 spiro atoms. The number of hydrogen-bond donors (Lipinski definition) is 1. The molecule has 0 bridgehead atoms. The van der Waals surface area contributed by atoms with E-state index in [-0.39, 0.29) is 0 Å². The van der Waals surface area contributed by atoms with Crippen molar-refractivity contribution in [2.45, 2.75) is 39.2 Å². The molecule has 1 saturated heterocycles. The standard InChI is InChI=1S/C13H24N2/c1-4-6-9-15-10-7-8-14-13(11-15)12(3)5-2/h1,12-14H,5-11H2,2-3H3. The molecule has 2 unspecified atom stereocenters. The van der Waals surface area contributed by atoms with Gasteiger partial charge in [0.25, 0.3) is 0 Å². The summed E-state index contributed by atoms with van der Waals surface area (Å²) in [4.78, 5) is 2.51. The molecular formula is C13H24N2. The first-order chi connectivity index (χ1) is 7.27. The summed E-state index contributed by atoms with van der Waals surface area (Å²) in [5.41, 5.74) is 0. The summed E-state index contributed by atoms with van der Waals surface area (Å²) in [5, 5.41) is 3.65. The normalized spacial score (nSPS) is 25.5. The van der Waals surface area contributed by atoms with Crippen molar-refractivity contribution in [3.05, 3.63) is 0 Å². The van der Waals surface area contributed by atoms with Gasteiger partial charge in [0.05, 0.1) is 0 Å². The molecule has 0 amide bonds. The van der Waals surface area contributed by atoms with Gasteiger partial charge in [0.15, 0.2) is 0 Å². The second-order valence-corrected chi connectivity index (χ2v) is 4.55. The minimum atomic E-state index is 0.648. The van der Waals surface area contributed by atoms with Crippen LogP contribution >= 0.6 is 0 Å². The maximum atomic E-state index is 5.31. The zero-order valence-electron chi connectivity index (χ0n) is 10.1. The molecule has 0 aliphatic carbocycles. The van der Waals surface area contributed by atoms with Crippen molar-refractivity contribution >= 4 is 0 Å². The molecule has 1 aliphatic heterocycles. The van der Waals surface area contributed by atoms with E-state index in [1.54, 1.807) is 0 Å². The van der Waals surface area contributed by atoms with Crippen molar-refractivity contribution in [3.63, 3.8) is 0 Å². The van der Waals surface area contributed by atoms with Crippen molar-refractivity contribution in [1.82, 2.24) is 10.2 Å². The lowest BCUT2D eigenvalue weighted by Crippen LogP contribution is -2.42. The fourth-order valence-corrected chi connectivity index (χ4v) is 2.12. The maximum absolute atomic E-state index is 5.31. The lowest BCUT2D eigenvalue weighted by molar-refractivity contribution is 0.242. The molecule has 2 nitrogen and oxygen atoms in total. The number of nitrogens with zero attached hydrogens (tertiary/aromatic N) is 1. The molecule has 0 aromatic rings. The van der Waals surface area contributed by atoms with Crippen LogP contribution in [0, 0.1) is 18.3 Å². The summed E-state index contributed by atoms with van der Waals surface area (Å²) in [6.07, 6.45) is 8.69. The van der Waals surface area contributed by atoms with E-state index in [4.69, 9.17) is 6.42 Å². The average molecular weight is 208 g/mol. The van der Waals surface area contributed by atoms with Crippen LogP contribution in [0.2, 0.25) is 0 Å². The predicted molar refractivity (Wildman–Crippen MR) is 65.8 cm³/mol. The zero-order chi connectivity index (χ0) is 11.1. The molecule has 1 N–H and O–H groups in total. The van der Waals surface area contributed by atoms with E-state index in [0.29, 0.717) is 6.04 Å². The summed E-state index contributed by atoms with van der Waals surface area (Å²) < 4.78 is 0. The fourth-order valence-electron chi connectivity index (χ4n) is 2.12. The van der Waals surface area contributed by atoms with Crippen LogP contribution in [0.5, 0.6) is 0 Å². The van der Waals surface area contributed by atoms with Gasteiger partial charge in [0, 0.05) is 25.6 Å². The Labute approximate surface area is 94.4 Å². The molecule has 86 valence electrons. The van der Waals surface area contributed by atoms with Gasteiger partial charge >= 0.3 is 0 Å². The Bertz CT molecular complexity index is 207. The van der Waals surface area contributed by atoms with E-state index in [1.807, 2.05) is 0 Å². The first-order valence-electron chi connectivity index (χ1n) is 6.17. The topological polar surface area (TPSA) is 15.3 Å². The van der Waals surface area contributed by atoms with Gasteiger partial charge in [0.2, 0.25) is 0 Å². The maximum Gasteiger partial charge on any atom is 0.0220 e. The van der Waals surface area contributed by atoms with Crippen molar-refractivity contribution in [1.29, 1.82) is 0 Å². The Balaban J connectivity index is 2.42. The Morgan fingerprint density at radius 3 is 3.07 bits per heavy atom. The highest BCUT2D eigenvalue weighted by molar-refractivity contribution is 4.87. The van der Waals surface area contributed by atoms with Gasteiger partial charge in [-0.15, -0.1) is 12.3 Å². The molecule has 0 aromatic carbocycles. The summed E-state index contributed by atoms with van der Waals surface area (Å²) in [5.74, 6) is 3.49. The van der Waals surface area contributed by atoms with Gasteiger partial charge in [0.1, 0.15) is 0 Å². The van der Waals surface area contributed by atoms with Crippen molar-refractivity contribution < 1.29 is 0 Å². The van der Waals surface area contributed by atoms with Crippen molar-refractivity contribution in [2.75, 3.05) is 26.2 Å². The third-order valence-electron chi connectivity index (χ3n) is 3.42. The van der Waals surface area contributed by atoms with E-state index < -0.39 is 0 Å². The molecule has 1 rings (SSSR count). The minimum absolute atomic E-state index is 0.648. The minimum Gasteiger partial charge on any atom is -0.312 e. The summed E-state index contributed by atoms with van der Waals surface area (Å²) in [6.45, 7) is 9.18. The van der Waals surface area contributed by atoms with Gasteiger partial charge in [-0.3, -0.25) is 0 Å². The van der Waals surface area contributed by atoms with E-state index in [2.05, 4.69) is 30.0 Å². The highest BCUT2D eigenvalue weighted by Crippen LogP contribution is 2.12. The van der Waals surface area contributed by atoms with Gasteiger partial charge in [-0.2, -0.15) is 0 Å². The van der Waals surface area contributed by atoms with Crippen LogP contribution in [0.1, 0.15) is 33.1 Å². The highest BCUT2D eigenvalue weighted by atomic mass is 15.2. The first kappa shape index (κ1) is 12.5. The van der Waals surface area contributed by atoms with Crippen LogP contribution in [-0.4, -0.2) is 37.1 Å². The highest BCUT2D eigenvalue weighted by Gasteiger charge is 2.20. The van der Waals surface area contributed by atoms with Crippen molar-refractivity contribution in [3.8, 4) is 12.3 Å². The van der Waals surface area contributed by atoms with Gasteiger partial charge in [-0.05, 0) is 25.4 Å². The van der Waals surface area contributed by atoms with Gasteiger partial charge in [-0.25, -0.2) is 0 Å². The SMILES string of the molecule is C#CCCN1CCCNC(C(C)CC)C1. The summed E-state index contributed by atoms with van der Waals surface area (Å²) >= 11 is 0. The molecular weight excluding hydrogens is 184 g/mol. The molecule has 15 heavy (non-hydrogen) atoms. The first-order valence-corrected chi connectivity index (χ1v) is 6.17. The lowest BCUT2D eigenvalue weighted by atomic mass is 9.99. The fraction of sp³-hybridized carbons (Fsp3) is 0.846. The molecule has 0 radical (unpaired) electrons. The third-order valence-corrected chi connectivity index (χ3v) is 3.42. The van der Waals surface area contributed by atoms with E-state index in [9.17, 15) is 0 Å². The average Bonchev–Trinajstić information content (AvgIpc) is 2.50. The second-order valence-electron chi connectivity index (χ2n) is 4.55. The van der Waals surface area contributed by atoms with E-state index in [1.165, 1.54) is 19.4 Å². The molecule has 1 fully saturated rings. The predicted octanol–water partition coefficient (Wildman–Crippen LogP) is 1.72. The molecule has 0 aromatic heterocycles. The van der Waals surface area contributed by atoms with Crippen molar-refractivity contribution in [2.24, 2.45) is 5.92 Å². The smallest absolute Gasteiger partial charge is 0.0220 e. The summed E-state index contributed by atoms with van der Waals surface area (Å²) in [6, 6.07) is 0.648. The molecule has 2 atom stereocenters.